The fourth-order valence-corrected chi connectivity index (χ4v) is 2.04. The molecule has 1 rings (SSSR count). The average Bonchev–Trinajstić information content (AvgIpc) is 2.44. The second-order valence-corrected chi connectivity index (χ2v) is 4.47. The molecule has 1 aromatic rings. The van der Waals surface area contributed by atoms with Crippen LogP contribution in [0.4, 0.5) is 0 Å². The van der Waals surface area contributed by atoms with Gasteiger partial charge in [-0.05, 0) is 17.7 Å². The summed E-state index contributed by atoms with van der Waals surface area (Å²) in [5.41, 5.74) is 0.650. The van der Waals surface area contributed by atoms with Gasteiger partial charge in [-0.2, -0.15) is 0 Å². The van der Waals surface area contributed by atoms with Crippen molar-refractivity contribution in [2.45, 2.75) is 6.54 Å². The average molecular weight is 313 g/mol. The van der Waals surface area contributed by atoms with Gasteiger partial charge in [0.15, 0.2) is 11.5 Å². The van der Waals surface area contributed by atoms with Crippen LogP contribution in [0.15, 0.2) is 12.1 Å². The minimum atomic E-state index is -1.10. The summed E-state index contributed by atoms with van der Waals surface area (Å²) in [6.07, 6.45) is 0. The number of aliphatic carboxylic acids is 2. The van der Waals surface area contributed by atoms with E-state index >= 15 is 0 Å². The van der Waals surface area contributed by atoms with E-state index < -0.39 is 11.9 Å². The van der Waals surface area contributed by atoms with Crippen molar-refractivity contribution in [2.24, 2.45) is 0 Å². The molecular formula is C14H19NO7. The van der Waals surface area contributed by atoms with Crippen LogP contribution in [0.2, 0.25) is 0 Å². The largest absolute Gasteiger partial charge is 0.493 e. The second-order valence-electron chi connectivity index (χ2n) is 4.47. The minimum Gasteiger partial charge on any atom is -0.493 e. The van der Waals surface area contributed by atoms with Crippen LogP contribution in [-0.2, 0) is 16.1 Å². The van der Waals surface area contributed by atoms with Gasteiger partial charge in [0.2, 0.25) is 5.75 Å². The number of benzene rings is 1. The lowest BCUT2D eigenvalue weighted by atomic mass is 10.1. The van der Waals surface area contributed by atoms with E-state index in [1.807, 2.05) is 0 Å². The molecule has 2 N–H and O–H groups in total. The van der Waals surface area contributed by atoms with Crippen molar-refractivity contribution < 1.29 is 34.0 Å². The van der Waals surface area contributed by atoms with Gasteiger partial charge in [-0.1, -0.05) is 0 Å². The molecule has 0 heterocycles. The van der Waals surface area contributed by atoms with E-state index in [4.69, 9.17) is 24.4 Å². The monoisotopic (exact) mass is 313 g/mol. The standard InChI is InChI=1S/C14H19NO7/c1-20-10-4-9(5-11(21-2)14(10)22-3)6-15(7-12(16)17)8-13(18)19/h4-5H,6-8H2,1-3H3,(H,16,17)(H,18,19). The molecule has 0 radical (unpaired) electrons. The van der Waals surface area contributed by atoms with Crippen molar-refractivity contribution in [1.29, 1.82) is 0 Å². The highest BCUT2D eigenvalue weighted by Gasteiger charge is 2.18. The Morgan fingerprint density at radius 2 is 1.41 bits per heavy atom. The third-order valence-electron chi connectivity index (χ3n) is 2.85. The van der Waals surface area contributed by atoms with Crippen LogP contribution in [-0.4, -0.2) is 61.5 Å². The summed E-state index contributed by atoms with van der Waals surface area (Å²) in [6, 6.07) is 3.30. The maximum Gasteiger partial charge on any atom is 0.317 e. The highest BCUT2D eigenvalue weighted by atomic mass is 16.5. The quantitative estimate of drug-likeness (QED) is 0.686. The maximum absolute atomic E-state index is 10.8. The first-order chi connectivity index (χ1) is 10.4. The Labute approximate surface area is 127 Å². The Morgan fingerprint density at radius 1 is 0.955 bits per heavy atom. The second kappa shape index (κ2) is 8.08. The topological polar surface area (TPSA) is 106 Å². The molecule has 0 fully saturated rings. The predicted molar refractivity (Wildman–Crippen MR) is 76.6 cm³/mol. The van der Waals surface area contributed by atoms with Gasteiger partial charge >= 0.3 is 11.9 Å². The van der Waals surface area contributed by atoms with E-state index in [9.17, 15) is 9.59 Å². The van der Waals surface area contributed by atoms with Gasteiger partial charge in [0, 0.05) is 6.54 Å². The first-order valence-corrected chi connectivity index (χ1v) is 6.36. The Balaban J connectivity index is 3.07. The minimum absolute atomic E-state index is 0.120. The maximum atomic E-state index is 10.8. The van der Waals surface area contributed by atoms with Crippen LogP contribution in [0.25, 0.3) is 0 Å². The Kier molecular flexibility index (Phi) is 6.46. The van der Waals surface area contributed by atoms with Crippen molar-refractivity contribution >= 4 is 11.9 Å². The number of carboxylic acids is 2. The number of carbonyl (C=O) groups is 2. The summed E-state index contributed by atoms with van der Waals surface area (Å²) in [5.74, 6) is -0.955. The smallest absolute Gasteiger partial charge is 0.317 e. The molecule has 0 aliphatic carbocycles. The molecule has 0 unspecified atom stereocenters. The van der Waals surface area contributed by atoms with Gasteiger partial charge < -0.3 is 24.4 Å². The molecule has 8 nitrogen and oxygen atoms in total. The lowest BCUT2D eigenvalue weighted by Gasteiger charge is -2.20. The lowest BCUT2D eigenvalue weighted by molar-refractivity contribution is -0.142. The number of ether oxygens (including phenoxy) is 3. The Hall–Kier alpha value is -2.48. The molecule has 0 aliphatic rings. The molecule has 0 bridgehead atoms. The molecule has 0 aromatic heterocycles. The van der Waals surface area contributed by atoms with Crippen LogP contribution < -0.4 is 14.2 Å². The van der Waals surface area contributed by atoms with Crippen LogP contribution >= 0.6 is 0 Å². The van der Waals surface area contributed by atoms with Gasteiger partial charge in [0.25, 0.3) is 0 Å². The number of carboxylic acid groups (broad SMARTS) is 2. The molecule has 0 spiro atoms. The summed E-state index contributed by atoms with van der Waals surface area (Å²) >= 11 is 0. The molecule has 0 amide bonds. The van der Waals surface area contributed by atoms with E-state index in [2.05, 4.69) is 0 Å². The van der Waals surface area contributed by atoms with Crippen LogP contribution in [0.1, 0.15) is 5.56 Å². The summed E-state index contributed by atoms with van der Waals surface area (Å²) in [6.45, 7) is -0.652. The van der Waals surface area contributed by atoms with Gasteiger partial charge in [0.1, 0.15) is 0 Å². The third-order valence-corrected chi connectivity index (χ3v) is 2.85. The van der Waals surface area contributed by atoms with Crippen LogP contribution in [0.5, 0.6) is 17.2 Å². The zero-order valence-electron chi connectivity index (χ0n) is 12.7. The third kappa shape index (κ3) is 4.81. The van der Waals surface area contributed by atoms with E-state index in [1.54, 1.807) is 12.1 Å². The van der Waals surface area contributed by atoms with Gasteiger partial charge in [-0.3, -0.25) is 14.5 Å². The van der Waals surface area contributed by atoms with Gasteiger partial charge in [0.05, 0.1) is 34.4 Å². The van der Waals surface area contributed by atoms with E-state index in [1.165, 1.54) is 26.2 Å². The highest BCUT2D eigenvalue weighted by Crippen LogP contribution is 2.38. The van der Waals surface area contributed by atoms with E-state index in [0.29, 0.717) is 22.8 Å². The fourth-order valence-electron chi connectivity index (χ4n) is 2.04. The van der Waals surface area contributed by atoms with Crippen molar-refractivity contribution in [2.75, 3.05) is 34.4 Å². The zero-order chi connectivity index (χ0) is 16.7. The molecular weight excluding hydrogens is 294 g/mol. The summed E-state index contributed by atoms with van der Waals surface area (Å²) in [7, 11) is 4.40. The molecule has 122 valence electrons. The molecule has 0 saturated carbocycles. The fraction of sp³-hybridized carbons (Fsp3) is 0.429. The highest BCUT2D eigenvalue weighted by molar-refractivity contribution is 5.72. The van der Waals surface area contributed by atoms with E-state index in [0.717, 1.165) is 0 Å². The summed E-state index contributed by atoms with van der Waals surface area (Å²) in [4.78, 5) is 22.9. The molecule has 8 heteroatoms. The van der Waals surface area contributed by atoms with E-state index in [-0.39, 0.29) is 19.6 Å². The number of hydrogen-bond donors (Lipinski definition) is 2. The first kappa shape index (κ1) is 17.6. The number of hydrogen-bond acceptors (Lipinski definition) is 6. The van der Waals surface area contributed by atoms with Gasteiger partial charge in [-0.15, -0.1) is 0 Å². The summed E-state index contributed by atoms with van der Waals surface area (Å²) in [5, 5.41) is 17.7. The van der Waals surface area contributed by atoms with Crippen molar-refractivity contribution in [1.82, 2.24) is 4.90 Å². The predicted octanol–water partition coefficient (Wildman–Crippen LogP) is 0.684. The molecule has 0 atom stereocenters. The summed E-state index contributed by atoms with van der Waals surface area (Å²) < 4.78 is 15.6. The van der Waals surface area contributed by atoms with Crippen LogP contribution in [0, 0.1) is 0 Å². The van der Waals surface area contributed by atoms with Crippen molar-refractivity contribution in [3.05, 3.63) is 17.7 Å². The number of nitrogens with zero attached hydrogens (tertiary/aromatic N) is 1. The molecule has 0 saturated heterocycles. The Morgan fingerprint density at radius 3 is 1.73 bits per heavy atom. The Bertz CT molecular complexity index is 503. The SMILES string of the molecule is COc1cc(CN(CC(=O)O)CC(=O)O)cc(OC)c1OC. The van der Waals surface area contributed by atoms with Crippen LogP contribution in [0.3, 0.4) is 0 Å². The number of methoxy groups -OCH3 is 3. The lowest BCUT2D eigenvalue weighted by Crippen LogP contribution is -2.33. The first-order valence-electron chi connectivity index (χ1n) is 6.36. The van der Waals surface area contributed by atoms with Crippen molar-refractivity contribution in [3.8, 4) is 17.2 Å². The number of rotatable bonds is 9. The van der Waals surface area contributed by atoms with Crippen molar-refractivity contribution in [3.63, 3.8) is 0 Å². The molecule has 1 aromatic carbocycles. The van der Waals surface area contributed by atoms with Gasteiger partial charge in [-0.25, -0.2) is 0 Å². The normalized spacial score (nSPS) is 10.4. The molecule has 0 aliphatic heterocycles. The molecule has 22 heavy (non-hydrogen) atoms. The zero-order valence-corrected chi connectivity index (χ0v) is 12.7.